The van der Waals surface area contributed by atoms with Crippen molar-refractivity contribution in [3.05, 3.63) is 176 Å². The van der Waals surface area contributed by atoms with Crippen molar-refractivity contribution in [2.45, 2.75) is 0 Å². The number of fused-ring (bicyclic) bond motifs is 12. The van der Waals surface area contributed by atoms with Gasteiger partial charge in [-0.3, -0.25) is 0 Å². The van der Waals surface area contributed by atoms with E-state index in [2.05, 4.69) is 190 Å². The van der Waals surface area contributed by atoms with Crippen LogP contribution in [-0.2, 0) is 0 Å². The van der Waals surface area contributed by atoms with Crippen LogP contribution in [0.1, 0.15) is 0 Å². The van der Waals surface area contributed by atoms with Crippen molar-refractivity contribution in [1.82, 2.24) is 13.7 Å². The van der Waals surface area contributed by atoms with Gasteiger partial charge in [0, 0.05) is 55.1 Å². The van der Waals surface area contributed by atoms with Crippen molar-refractivity contribution in [3.63, 3.8) is 0 Å². The Morgan fingerprint density at radius 3 is 1.29 bits per heavy atom. The van der Waals surface area contributed by atoms with Crippen LogP contribution in [0.15, 0.2) is 180 Å². The number of aromatic nitrogens is 3. The molecular weight excluding hydrogens is 635 g/mol. The molecule has 0 aliphatic rings. The third-order valence-electron chi connectivity index (χ3n) is 11.0. The standard InChI is InChI=1S/C48H29N3O/c1-6-17-39-32(12-1)33-13-2-7-18-40(33)49(39)30-25-27-44-38(28-30)36-16-5-8-19-41(36)50(44)31-24-26-37-47(29-31)52-46-23-11-22-45(48(37)46)51-42-20-9-3-14-34(42)35-15-4-10-21-43(35)51/h1-29H. The normalized spacial score (nSPS) is 12.2. The minimum Gasteiger partial charge on any atom is -0.456 e. The van der Waals surface area contributed by atoms with Crippen LogP contribution in [-0.4, -0.2) is 13.7 Å². The van der Waals surface area contributed by atoms with Crippen LogP contribution < -0.4 is 0 Å². The highest BCUT2D eigenvalue weighted by molar-refractivity contribution is 6.16. The lowest BCUT2D eigenvalue weighted by atomic mass is 10.1. The Bertz CT molecular complexity index is 3320. The van der Waals surface area contributed by atoms with E-state index in [0.29, 0.717) is 0 Å². The van der Waals surface area contributed by atoms with Crippen LogP contribution in [0, 0.1) is 0 Å². The number of hydrogen-bond donors (Lipinski definition) is 0. The van der Waals surface area contributed by atoms with Crippen molar-refractivity contribution in [2.24, 2.45) is 0 Å². The maximum absolute atomic E-state index is 6.70. The monoisotopic (exact) mass is 663 g/mol. The Labute approximate surface area is 297 Å². The molecule has 0 saturated heterocycles. The van der Waals surface area contributed by atoms with Gasteiger partial charge in [-0.25, -0.2) is 0 Å². The second-order valence-corrected chi connectivity index (χ2v) is 13.7. The lowest BCUT2D eigenvalue weighted by Gasteiger charge is -2.11. The summed E-state index contributed by atoms with van der Waals surface area (Å²) in [5, 5.41) is 9.68. The Morgan fingerprint density at radius 1 is 0.288 bits per heavy atom. The van der Waals surface area contributed by atoms with Gasteiger partial charge in [0.25, 0.3) is 0 Å². The Kier molecular flexibility index (Phi) is 5.47. The highest BCUT2D eigenvalue weighted by atomic mass is 16.3. The summed E-state index contributed by atoms with van der Waals surface area (Å²) in [5.41, 5.74) is 12.2. The molecule has 12 rings (SSSR count). The highest BCUT2D eigenvalue weighted by Crippen LogP contribution is 2.41. The van der Waals surface area contributed by atoms with Gasteiger partial charge in [0.05, 0.1) is 44.2 Å². The zero-order valence-electron chi connectivity index (χ0n) is 28.0. The number of nitrogens with zero attached hydrogens (tertiary/aromatic N) is 3. The van der Waals surface area contributed by atoms with Crippen molar-refractivity contribution in [1.29, 1.82) is 0 Å². The van der Waals surface area contributed by atoms with Gasteiger partial charge in [0.1, 0.15) is 11.2 Å². The fourth-order valence-electron chi connectivity index (χ4n) is 8.88. The largest absolute Gasteiger partial charge is 0.456 e. The summed E-state index contributed by atoms with van der Waals surface area (Å²) in [6.45, 7) is 0. The van der Waals surface area contributed by atoms with Crippen LogP contribution in [0.3, 0.4) is 0 Å². The molecular formula is C48H29N3O. The quantitative estimate of drug-likeness (QED) is 0.185. The minimum absolute atomic E-state index is 0.869. The first-order chi connectivity index (χ1) is 25.8. The first kappa shape index (κ1) is 27.7. The first-order valence-electron chi connectivity index (χ1n) is 17.8. The van der Waals surface area contributed by atoms with E-state index in [-0.39, 0.29) is 0 Å². The second-order valence-electron chi connectivity index (χ2n) is 13.7. The van der Waals surface area contributed by atoms with Gasteiger partial charge in [0.15, 0.2) is 0 Å². The highest BCUT2D eigenvalue weighted by Gasteiger charge is 2.20. The summed E-state index contributed by atoms with van der Waals surface area (Å²) in [5.74, 6) is 0. The number of rotatable bonds is 3. The molecule has 0 spiro atoms. The number of furan rings is 1. The Hall–Kier alpha value is -7.04. The van der Waals surface area contributed by atoms with Crippen molar-refractivity contribution in [3.8, 4) is 17.1 Å². The van der Waals surface area contributed by atoms with Crippen LogP contribution in [0.5, 0.6) is 0 Å². The molecule has 52 heavy (non-hydrogen) atoms. The van der Waals surface area contributed by atoms with Crippen molar-refractivity contribution >= 4 is 87.4 Å². The molecule has 0 radical (unpaired) electrons. The Balaban J connectivity index is 1.08. The van der Waals surface area contributed by atoms with E-state index in [1.807, 2.05) is 0 Å². The van der Waals surface area contributed by atoms with Gasteiger partial charge in [-0.15, -0.1) is 0 Å². The molecule has 0 aliphatic carbocycles. The molecule has 4 nitrogen and oxygen atoms in total. The SMILES string of the molecule is c1cc(-n2c3ccccc3c3ccccc32)c2c(c1)oc1cc(-n3c4ccccc4c4cc(-n5c6ccccc6c6ccccc65)ccc43)ccc12. The fourth-order valence-corrected chi connectivity index (χ4v) is 8.88. The summed E-state index contributed by atoms with van der Waals surface area (Å²) in [6, 6.07) is 63.4. The van der Waals surface area contributed by atoms with E-state index in [4.69, 9.17) is 4.42 Å². The zero-order chi connectivity index (χ0) is 33.9. The van der Waals surface area contributed by atoms with Crippen LogP contribution in [0.4, 0.5) is 0 Å². The third-order valence-corrected chi connectivity index (χ3v) is 11.0. The van der Waals surface area contributed by atoms with Crippen LogP contribution in [0.2, 0.25) is 0 Å². The fraction of sp³-hybridized carbons (Fsp3) is 0. The summed E-state index contributed by atoms with van der Waals surface area (Å²) in [6.07, 6.45) is 0. The van der Waals surface area contributed by atoms with Gasteiger partial charge in [-0.1, -0.05) is 97.1 Å². The molecule has 0 saturated carbocycles. The number of benzene rings is 8. The van der Waals surface area contributed by atoms with Gasteiger partial charge < -0.3 is 18.1 Å². The zero-order valence-corrected chi connectivity index (χ0v) is 28.0. The second kappa shape index (κ2) is 10.3. The van der Waals surface area contributed by atoms with E-state index < -0.39 is 0 Å². The summed E-state index contributed by atoms with van der Waals surface area (Å²) in [7, 11) is 0. The third kappa shape index (κ3) is 3.65. The van der Waals surface area contributed by atoms with E-state index in [9.17, 15) is 0 Å². The molecule has 8 aromatic carbocycles. The predicted molar refractivity (Wildman–Crippen MR) is 217 cm³/mol. The smallest absolute Gasteiger partial charge is 0.137 e. The van der Waals surface area contributed by atoms with Crippen LogP contribution >= 0.6 is 0 Å². The van der Waals surface area contributed by atoms with E-state index >= 15 is 0 Å². The summed E-state index contributed by atoms with van der Waals surface area (Å²) >= 11 is 0. The van der Waals surface area contributed by atoms with E-state index in [1.54, 1.807) is 0 Å². The summed E-state index contributed by atoms with van der Waals surface area (Å²) < 4.78 is 13.9. The molecule has 0 amide bonds. The molecule has 4 heterocycles. The molecule has 242 valence electrons. The van der Waals surface area contributed by atoms with Gasteiger partial charge in [0.2, 0.25) is 0 Å². The molecule has 0 atom stereocenters. The van der Waals surface area contributed by atoms with E-state index in [0.717, 1.165) is 44.5 Å². The lowest BCUT2D eigenvalue weighted by molar-refractivity contribution is 0.668. The molecule has 12 aromatic rings. The maximum Gasteiger partial charge on any atom is 0.137 e. The van der Waals surface area contributed by atoms with Crippen LogP contribution in [0.25, 0.3) is 104 Å². The molecule has 0 unspecified atom stereocenters. The van der Waals surface area contributed by atoms with Crippen molar-refractivity contribution in [2.75, 3.05) is 0 Å². The molecule has 4 aromatic heterocycles. The topological polar surface area (TPSA) is 27.9 Å². The van der Waals surface area contributed by atoms with Crippen molar-refractivity contribution < 1.29 is 4.42 Å². The van der Waals surface area contributed by atoms with Gasteiger partial charge >= 0.3 is 0 Å². The molecule has 0 aliphatic heterocycles. The molecule has 0 fully saturated rings. The molecule has 4 heteroatoms. The maximum atomic E-state index is 6.70. The number of hydrogen-bond acceptors (Lipinski definition) is 1. The minimum atomic E-state index is 0.869. The molecule has 0 N–H and O–H groups in total. The van der Waals surface area contributed by atoms with E-state index in [1.165, 1.54) is 59.9 Å². The number of para-hydroxylation sites is 5. The van der Waals surface area contributed by atoms with Gasteiger partial charge in [-0.05, 0) is 72.8 Å². The average molecular weight is 664 g/mol. The predicted octanol–water partition coefficient (Wildman–Crippen LogP) is 12.9. The van der Waals surface area contributed by atoms with Gasteiger partial charge in [-0.2, -0.15) is 0 Å². The lowest BCUT2D eigenvalue weighted by Crippen LogP contribution is -1.96. The first-order valence-corrected chi connectivity index (χ1v) is 17.8. The molecule has 0 bridgehead atoms. The average Bonchev–Trinajstić information content (AvgIpc) is 3.94. The summed E-state index contributed by atoms with van der Waals surface area (Å²) in [4.78, 5) is 0. The Morgan fingerprint density at radius 2 is 0.731 bits per heavy atom.